The van der Waals surface area contributed by atoms with E-state index in [0.717, 1.165) is 30.9 Å². The third-order valence-corrected chi connectivity index (χ3v) is 4.09. The van der Waals surface area contributed by atoms with Gasteiger partial charge >= 0.3 is 0 Å². The predicted octanol–water partition coefficient (Wildman–Crippen LogP) is 2.40. The Balaban J connectivity index is 1.87. The van der Waals surface area contributed by atoms with Gasteiger partial charge in [-0.3, -0.25) is 4.90 Å². The number of hydrogen-bond donors (Lipinski definition) is 1. The molecule has 3 rings (SSSR count). The molecule has 20 heavy (non-hydrogen) atoms. The van der Waals surface area contributed by atoms with Crippen LogP contribution in [0.25, 0.3) is 11.0 Å². The molecule has 0 bridgehead atoms. The van der Waals surface area contributed by atoms with Crippen LogP contribution in [0.4, 0.5) is 0 Å². The van der Waals surface area contributed by atoms with Crippen molar-refractivity contribution in [2.75, 3.05) is 19.7 Å². The lowest BCUT2D eigenvalue weighted by atomic mass is 10.1. The number of rotatable bonds is 5. The molecule has 0 aliphatic carbocycles. The van der Waals surface area contributed by atoms with Crippen molar-refractivity contribution in [3.8, 4) is 0 Å². The largest absolute Gasteiger partial charge is 0.396 e. The van der Waals surface area contributed by atoms with E-state index in [0.29, 0.717) is 0 Å². The molecule has 108 valence electrons. The lowest BCUT2D eigenvalue weighted by molar-refractivity contribution is 0.212. The maximum atomic E-state index is 9.11. The van der Waals surface area contributed by atoms with E-state index in [1.807, 2.05) is 6.07 Å². The first-order valence-electron chi connectivity index (χ1n) is 7.66. The van der Waals surface area contributed by atoms with Crippen LogP contribution in [-0.4, -0.2) is 39.3 Å². The Kier molecular flexibility index (Phi) is 4.33. The Morgan fingerprint density at radius 1 is 1.10 bits per heavy atom. The molecule has 1 N–H and O–H groups in total. The van der Waals surface area contributed by atoms with Crippen molar-refractivity contribution in [1.82, 2.24) is 14.5 Å². The molecule has 4 nitrogen and oxygen atoms in total. The van der Waals surface area contributed by atoms with Gasteiger partial charge in [-0.1, -0.05) is 18.6 Å². The summed E-state index contributed by atoms with van der Waals surface area (Å²) in [5, 5.41) is 9.11. The van der Waals surface area contributed by atoms with Gasteiger partial charge in [0.1, 0.15) is 5.82 Å². The smallest absolute Gasteiger partial charge is 0.124 e. The average molecular weight is 273 g/mol. The number of benzene rings is 1. The molecule has 1 aromatic carbocycles. The summed E-state index contributed by atoms with van der Waals surface area (Å²) in [6.45, 7) is 4.38. The molecule has 0 radical (unpaired) electrons. The number of aliphatic hydroxyl groups excluding tert-OH is 1. The Labute approximate surface area is 120 Å². The summed E-state index contributed by atoms with van der Waals surface area (Å²) in [7, 11) is 0. The quantitative estimate of drug-likeness (QED) is 0.909. The number of aromatic nitrogens is 2. The second-order valence-corrected chi connectivity index (χ2v) is 5.58. The first-order valence-corrected chi connectivity index (χ1v) is 7.66. The van der Waals surface area contributed by atoms with Crippen molar-refractivity contribution >= 4 is 11.0 Å². The number of aliphatic hydroxyl groups is 1. The van der Waals surface area contributed by atoms with Gasteiger partial charge in [-0.05, 0) is 44.5 Å². The van der Waals surface area contributed by atoms with Gasteiger partial charge in [0.25, 0.3) is 0 Å². The number of nitrogens with zero attached hydrogens (tertiary/aromatic N) is 3. The van der Waals surface area contributed by atoms with Crippen molar-refractivity contribution in [2.45, 2.75) is 38.8 Å². The van der Waals surface area contributed by atoms with Crippen molar-refractivity contribution in [3.63, 3.8) is 0 Å². The highest BCUT2D eigenvalue weighted by Crippen LogP contribution is 2.19. The van der Waals surface area contributed by atoms with Crippen LogP contribution in [0.2, 0.25) is 0 Å². The summed E-state index contributed by atoms with van der Waals surface area (Å²) in [6.07, 6.45) is 4.75. The molecule has 0 saturated carbocycles. The van der Waals surface area contributed by atoms with E-state index in [4.69, 9.17) is 10.1 Å². The molecule has 0 atom stereocenters. The van der Waals surface area contributed by atoms with E-state index in [-0.39, 0.29) is 6.61 Å². The molecular weight excluding hydrogens is 250 g/mol. The number of imidazole rings is 1. The monoisotopic (exact) mass is 273 g/mol. The summed E-state index contributed by atoms with van der Waals surface area (Å²) in [5.74, 6) is 1.14. The van der Waals surface area contributed by atoms with E-state index in [1.54, 1.807) is 0 Å². The molecule has 1 aliphatic heterocycles. The minimum Gasteiger partial charge on any atom is -0.396 e. The maximum Gasteiger partial charge on any atom is 0.124 e. The highest BCUT2D eigenvalue weighted by Gasteiger charge is 2.15. The van der Waals surface area contributed by atoms with Crippen LogP contribution in [0, 0.1) is 0 Å². The molecule has 1 fully saturated rings. The number of likely N-dealkylation sites (tertiary alicyclic amines) is 1. The number of hydrogen-bond acceptors (Lipinski definition) is 3. The highest BCUT2D eigenvalue weighted by atomic mass is 16.3. The first kappa shape index (κ1) is 13.6. The molecule has 1 aliphatic rings. The molecule has 1 saturated heterocycles. The highest BCUT2D eigenvalue weighted by molar-refractivity contribution is 5.75. The van der Waals surface area contributed by atoms with Crippen LogP contribution in [0.5, 0.6) is 0 Å². The van der Waals surface area contributed by atoms with Crippen LogP contribution < -0.4 is 0 Å². The van der Waals surface area contributed by atoms with Gasteiger partial charge in [-0.25, -0.2) is 4.98 Å². The van der Waals surface area contributed by atoms with Crippen molar-refractivity contribution in [3.05, 3.63) is 30.1 Å². The third-order valence-electron chi connectivity index (χ3n) is 4.09. The predicted molar refractivity (Wildman–Crippen MR) is 80.6 cm³/mol. The number of para-hydroxylation sites is 2. The van der Waals surface area contributed by atoms with Gasteiger partial charge in [-0.2, -0.15) is 0 Å². The lowest BCUT2D eigenvalue weighted by Crippen LogP contribution is -2.30. The first-order chi connectivity index (χ1) is 9.88. The molecule has 0 spiro atoms. The fraction of sp³-hybridized carbons (Fsp3) is 0.562. The molecule has 1 aromatic heterocycles. The van der Waals surface area contributed by atoms with Crippen molar-refractivity contribution < 1.29 is 5.11 Å². The number of fused-ring (bicyclic) bond motifs is 1. The second kappa shape index (κ2) is 6.37. The minimum atomic E-state index is 0.232. The Hall–Kier alpha value is -1.39. The zero-order valence-electron chi connectivity index (χ0n) is 12.0. The standard InChI is InChI=1S/C16H23N3O/c20-12-6-11-19-15-8-3-2-7-14(15)17-16(19)13-18-9-4-1-5-10-18/h2-3,7-8,20H,1,4-6,9-13H2. The third kappa shape index (κ3) is 2.86. The maximum absolute atomic E-state index is 9.11. The van der Waals surface area contributed by atoms with E-state index in [2.05, 4.69) is 27.7 Å². The van der Waals surface area contributed by atoms with Crippen LogP contribution in [0.1, 0.15) is 31.5 Å². The summed E-state index contributed by atoms with van der Waals surface area (Å²) < 4.78 is 2.28. The Morgan fingerprint density at radius 2 is 1.90 bits per heavy atom. The molecule has 0 unspecified atom stereocenters. The van der Waals surface area contributed by atoms with Gasteiger partial charge in [0, 0.05) is 13.2 Å². The van der Waals surface area contributed by atoms with Crippen molar-refractivity contribution in [1.29, 1.82) is 0 Å². The second-order valence-electron chi connectivity index (χ2n) is 5.58. The van der Waals surface area contributed by atoms with E-state index in [9.17, 15) is 0 Å². The van der Waals surface area contributed by atoms with Gasteiger partial charge in [0.05, 0.1) is 17.6 Å². The van der Waals surface area contributed by atoms with Crippen LogP contribution in [0.15, 0.2) is 24.3 Å². The van der Waals surface area contributed by atoms with Gasteiger partial charge < -0.3 is 9.67 Å². The Bertz CT molecular complexity index is 558. The zero-order chi connectivity index (χ0) is 13.8. The van der Waals surface area contributed by atoms with Crippen LogP contribution in [0.3, 0.4) is 0 Å². The van der Waals surface area contributed by atoms with Gasteiger partial charge in [-0.15, -0.1) is 0 Å². The molecule has 2 heterocycles. The SMILES string of the molecule is OCCCn1c(CN2CCCCC2)nc2ccccc21. The van der Waals surface area contributed by atoms with Crippen LogP contribution >= 0.6 is 0 Å². The van der Waals surface area contributed by atoms with E-state index >= 15 is 0 Å². The average Bonchev–Trinajstić information content (AvgIpc) is 2.83. The summed E-state index contributed by atoms with van der Waals surface area (Å²) in [4.78, 5) is 7.30. The summed E-state index contributed by atoms with van der Waals surface area (Å²) >= 11 is 0. The van der Waals surface area contributed by atoms with Crippen molar-refractivity contribution in [2.24, 2.45) is 0 Å². The molecule has 0 amide bonds. The van der Waals surface area contributed by atoms with E-state index < -0.39 is 0 Å². The Morgan fingerprint density at radius 3 is 2.70 bits per heavy atom. The fourth-order valence-corrected chi connectivity index (χ4v) is 3.04. The van der Waals surface area contributed by atoms with Gasteiger partial charge in [0.2, 0.25) is 0 Å². The van der Waals surface area contributed by atoms with E-state index in [1.165, 1.54) is 37.9 Å². The fourth-order valence-electron chi connectivity index (χ4n) is 3.04. The zero-order valence-corrected chi connectivity index (χ0v) is 12.0. The van der Waals surface area contributed by atoms with Gasteiger partial charge in [0.15, 0.2) is 0 Å². The summed E-state index contributed by atoms with van der Waals surface area (Å²) in [6, 6.07) is 8.30. The molecular formula is C16H23N3O. The number of piperidine rings is 1. The normalized spacial score (nSPS) is 16.9. The lowest BCUT2D eigenvalue weighted by Gasteiger charge is -2.26. The molecule has 4 heteroatoms. The molecule has 2 aromatic rings. The number of aryl methyl sites for hydroxylation is 1. The minimum absolute atomic E-state index is 0.232. The van der Waals surface area contributed by atoms with Crippen LogP contribution in [-0.2, 0) is 13.1 Å². The summed E-state index contributed by atoms with van der Waals surface area (Å²) in [5.41, 5.74) is 2.26. The topological polar surface area (TPSA) is 41.3 Å².